The van der Waals surface area contributed by atoms with Crippen molar-refractivity contribution in [3.05, 3.63) is 35.9 Å². The summed E-state index contributed by atoms with van der Waals surface area (Å²) in [5, 5.41) is 21.9. The monoisotopic (exact) mass is 273 g/mol. The van der Waals surface area contributed by atoms with E-state index < -0.39 is 0 Å². The van der Waals surface area contributed by atoms with Crippen LogP contribution in [0.25, 0.3) is 0 Å². The molecule has 108 valence electrons. The van der Waals surface area contributed by atoms with Crippen LogP contribution in [0.4, 0.5) is 0 Å². The molecule has 1 aromatic rings. The van der Waals surface area contributed by atoms with Gasteiger partial charge in [0.25, 0.3) is 0 Å². The van der Waals surface area contributed by atoms with Gasteiger partial charge in [-0.15, -0.1) is 0 Å². The Bertz CT molecular complexity index is 447. The maximum atomic E-state index is 9.67. The number of nitrogens with zero attached hydrogens (tertiary/aromatic N) is 2. The van der Waals surface area contributed by atoms with Gasteiger partial charge in [0.05, 0.1) is 18.7 Å². The lowest BCUT2D eigenvalue weighted by molar-refractivity contribution is 0.0723. The van der Waals surface area contributed by atoms with Crippen molar-refractivity contribution in [3.63, 3.8) is 0 Å². The Hall–Kier alpha value is -1.41. The fourth-order valence-corrected chi connectivity index (χ4v) is 2.82. The predicted molar refractivity (Wildman–Crippen MR) is 79.0 cm³/mol. The fourth-order valence-electron chi connectivity index (χ4n) is 2.82. The third-order valence-corrected chi connectivity index (χ3v) is 4.08. The molecule has 1 aliphatic rings. The van der Waals surface area contributed by atoms with Gasteiger partial charge in [-0.05, 0) is 25.3 Å². The predicted octanol–water partition coefficient (Wildman–Crippen LogP) is 1.52. The van der Waals surface area contributed by atoms with Gasteiger partial charge >= 0.3 is 0 Å². The molecule has 1 fully saturated rings. The van der Waals surface area contributed by atoms with Crippen LogP contribution in [0.5, 0.6) is 0 Å². The zero-order chi connectivity index (χ0) is 14.4. The van der Waals surface area contributed by atoms with E-state index in [-0.39, 0.29) is 18.2 Å². The van der Waals surface area contributed by atoms with E-state index in [0.29, 0.717) is 0 Å². The summed E-state index contributed by atoms with van der Waals surface area (Å²) in [5.41, 5.74) is 1.03. The van der Waals surface area contributed by atoms with Gasteiger partial charge in [-0.3, -0.25) is 10.2 Å². The number of hydrogen-bond donors (Lipinski definition) is 2. The van der Waals surface area contributed by atoms with Crippen molar-refractivity contribution in [1.29, 1.82) is 5.26 Å². The van der Waals surface area contributed by atoms with Crippen LogP contribution in [0, 0.1) is 11.3 Å². The van der Waals surface area contributed by atoms with Gasteiger partial charge in [0.15, 0.2) is 0 Å². The van der Waals surface area contributed by atoms with Crippen molar-refractivity contribution in [2.75, 3.05) is 19.7 Å². The van der Waals surface area contributed by atoms with Crippen LogP contribution in [-0.2, 0) is 6.54 Å². The van der Waals surface area contributed by atoms with Gasteiger partial charge in [0.2, 0.25) is 0 Å². The number of likely N-dealkylation sites (tertiary alicyclic amines) is 1. The first kappa shape index (κ1) is 15.0. The van der Waals surface area contributed by atoms with Crippen LogP contribution >= 0.6 is 0 Å². The van der Waals surface area contributed by atoms with Crippen molar-refractivity contribution < 1.29 is 5.11 Å². The highest BCUT2D eigenvalue weighted by Gasteiger charge is 2.34. The summed E-state index contributed by atoms with van der Waals surface area (Å²) < 4.78 is 0. The summed E-state index contributed by atoms with van der Waals surface area (Å²) in [7, 11) is 0. The largest absolute Gasteiger partial charge is 0.394 e. The number of piperidine rings is 1. The van der Waals surface area contributed by atoms with E-state index in [1.54, 1.807) is 0 Å². The highest BCUT2D eigenvalue weighted by molar-refractivity contribution is 5.14. The summed E-state index contributed by atoms with van der Waals surface area (Å²) in [6, 6.07) is 12.4. The van der Waals surface area contributed by atoms with E-state index >= 15 is 0 Å². The van der Waals surface area contributed by atoms with Crippen molar-refractivity contribution in [3.8, 4) is 6.07 Å². The Labute approximate surface area is 121 Å². The molecule has 4 nitrogen and oxygen atoms in total. The van der Waals surface area contributed by atoms with Crippen LogP contribution in [-0.4, -0.2) is 41.3 Å². The topological polar surface area (TPSA) is 59.3 Å². The van der Waals surface area contributed by atoms with Gasteiger partial charge in [-0.25, -0.2) is 0 Å². The first-order valence-electron chi connectivity index (χ1n) is 7.22. The summed E-state index contributed by atoms with van der Waals surface area (Å²) in [5.74, 6) is 0. The molecular formula is C16H23N3O. The molecule has 0 saturated carbocycles. The Morgan fingerprint density at radius 1 is 1.35 bits per heavy atom. The van der Waals surface area contributed by atoms with E-state index in [1.807, 2.05) is 13.0 Å². The second-order valence-electron chi connectivity index (χ2n) is 5.70. The number of benzene rings is 1. The standard InChI is InChI=1S/C16H23N3O/c1-14(11-17)18-16(13-20)7-9-19(10-8-16)12-15-5-3-2-4-6-15/h2-6,14,18,20H,7-10,12-13H2,1H3. The highest BCUT2D eigenvalue weighted by atomic mass is 16.3. The lowest BCUT2D eigenvalue weighted by Gasteiger charge is -2.42. The molecule has 1 unspecified atom stereocenters. The van der Waals surface area contributed by atoms with E-state index in [9.17, 15) is 5.11 Å². The molecule has 1 atom stereocenters. The normalized spacial score (nSPS) is 20.2. The zero-order valence-corrected chi connectivity index (χ0v) is 12.0. The molecule has 0 amide bonds. The van der Waals surface area contributed by atoms with Gasteiger partial charge in [-0.2, -0.15) is 5.26 Å². The molecule has 0 spiro atoms. The second kappa shape index (κ2) is 6.85. The molecule has 1 aromatic carbocycles. The Balaban J connectivity index is 1.89. The first-order valence-corrected chi connectivity index (χ1v) is 7.22. The number of aliphatic hydroxyl groups is 1. The summed E-state index contributed by atoms with van der Waals surface area (Å²) in [4.78, 5) is 2.40. The highest BCUT2D eigenvalue weighted by Crippen LogP contribution is 2.23. The van der Waals surface area contributed by atoms with E-state index in [2.05, 4.69) is 40.6 Å². The minimum atomic E-state index is -0.289. The first-order chi connectivity index (χ1) is 9.67. The van der Waals surface area contributed by atoms with E-state index in [4.69, 9.17) is 5.26 Å². The SMILES string of the molecule is CC(C#N)NC1(CO)CCN(Cc2ccccc2)CC1. The molecule has 1 heterocycles. The number of nitriles is 1. The zero-order valence-electron chi connectivity index (χ0n) is 12.0. The lowest BCUT2D eigenvalue weighted by atomic mass is 9.87. The maximum absolute atomic E-state index is 9.67. The molecule has 1 aliphatic heterocycles. The van der Waals surface area contributed by atoms with Crippen molar-refractivity contribution in [1.82, 2.24) is 10.2 Å². The van der Waals surface area contributed by atoms with Gasteiger partial charge in [0, 0.05) is 25.2 Å². The Morgan fingerprint density at radius 2 is 2.00 bits per heavy atom. The third-order valence-electron chi connectivity index (χ3n) is 4.08. The van der Waals surface area contributed by atoms with Crippen LogP contribution in [0.3, 0.4) is 0 Å². The average molecular weight is 273 g/mol. The van der Waals surface area contributed by atoms with Crippen LogP contribution in [0.15, 0.2) is 30.3 Å². The molecule has 4 heteroatoms. The number of hydrogen-bond acceptors (Lipinski definition) is 4. The van der Waals surface area contributed by atoms with E-state index in [0.717, 1.165) is 32.5 Å². The molecule has 20 heavy (non-hydrogen) atoms. The quantitative estimate of drug-likeness (QED) is 0.854. The smallest absolute Gasteiger partial charge is 0.0929 e. The summed E-state index contributed by atoms with van der Waals surface area (Å²) >= 11 is 0. The molecular weight excluding hydrogens is 250 g/mol. The Morgan fingerprint density at radius 3 is 2.55 bits per heavy atom. The van der Waals surface area contributed by atoms with Crippen molar-refractivity contribution in [2.45, 2.75) is 37.9 Å². The summed E-state index contributed by atoms with van der Waals surface area (Å²) in [6.45, 7) is 4.78. The molecule has 2 N–H and O–H groups in total. The van der Waals surface area contributed by atoms with Gasteiger partial charge in [0.1, 0.15) is 0 Å². The van der Waals surface area contributed by atoms with Crippen molar-refractivity contribution in [2.24, 2.45) is 0 Å². The maximum Gasteiger partial charge on any atom is 0.0929 e. The lowest BCUT2D eigenvalue weighted by Crippen LogP contribution is -2.57. The van der Waals surface area contributed by atoms with Crippen LogP contribution in [0.1, 0.15) is 25.3 Å². The minimum absolute atomic E-state index is 0.0954. The second-order valence-corrected chi connectivity index (χ2v) is 5.70. The minimum Gasteiger partial charge on any atom is -0.394 e. The fraction of sp³-hybridized carbons (Fsp3) is 0.562. The Kier molecular flexibility index (Phi) is 5.13. The molecule has 0 bridgehead atoms. The number of aliphatic hydroxyl groups excluding tert-OH is 1. The molecule has 0 aliphatic carbocycles. The van der Waals surface area contributed by atoms with Crippen LogP contribution < -0.4 is 5.32 Å². The van der Waals surface area contributed by atoms with Gasteiger partial charge < -0.3 is 5.11 Å². The third kappa shape index (κ3) is 3.80. The number of nitrogens with one attached hydrogen (secondary N) is 1. The molecule has 2 rings (SSSR count). The van der Waals surface area contributed by atoms with E-state index in [1.165, 1.54) is 5.56 Å². The van der Waals surface area contributed by atoms with Crippen molar-refractivity contribution >= 4 is 0 Å². The average Bonchev–Trinajstić information content (AvgIpc) is 2.50. The number of rotatable bonds is 5. The molecule has 0 radical (unpaired) electrons. The van der Waals surface area contributed by atoms with Crippen LogP contribution in [0.2, 0.25) is 0 Å². The van der Waals surface area contributed by atoms with Gasteiger partial charge in [-0.1, -0.05) is 30.3 Å². The summed E-state index contributed by atoms with van der Waals surface area (Å²) in [6.07, 6.45) is 1.75. The molecule has 1 saturated heterocycles. The molecule has 0 aromatic heterocycles.